The van der Waals surface area contributed by atoms with Crippen LogP contribution in [0.3, 0.4) is 0 Å². The fraction of sp³-hybridized carbons (Fsp3) is 0.619. The zero-order valence-electron chi connectivity index (χ0n) is 17.6. The topological polar surface area (TPSA) is 96.9 Å². The summed E-state index contributed by atoms with van der Waals surface area (Å²) in [5, 5.41) is 6.25. The third kappa shape index (κ3) is 8.79. The predicted octanol–water partition coefficient (Wildman–Crippen LogP) is 3.72. The van der Waals surface area contributed by atoms with Crippen molar-refractivity contribution in [3.05, 3.63) is 29.8 Å². The molecule has 1 aliphatic rings. The summed E-state index contributed by atoms with van der Waals surface area (Å²) in [6.07, 6.45) is 6.79. The van der Waals surface area contributed by atoms with Crippen molar-refractivity contribution >= 4 is 33.7 Å². The average Bonchev–Trinajstić information content (AvgIpc) is 3.52. The molecule has 2 atom stereocenters. The van der Waals surface area contributed by atoms with Gasteiger partial charge in [-0.2, -0.15) is 12.8 Å². The summed E-state index contributed by atoms with van der Waals surface area (Å²) in [5.41, 5.74) is 0.832. The van der Waals surface area contributed by atoms with Crippen molar-refractivity contribution in [1.29, 1.82) is 0 Å². The molecule has 0 radical (unpaired) electrons. The summed E-state index contributed by atoms with van der Waals surface area (Å²) in [7, 11) is -0.867. The number of unbranched alkanes of at least 4 members (excludes halogenated alkanes) is 2. The predicted molar refractivity (Wildman–Crippen MR) is 121 cm³/mol. The van der Waals surface area contributed by atoms with Crippen LogP contribution in [0.2, 0.25) is 0 Å². The monoisotopic (exact) mass is 453 g/mol. The van der Waals surface area contributed by atoms with Crippen molar-refractivity contribution in [1.82, 2.24) is 10.6 Å². The first kappa shape index (κ1) is 24.3. The smallest absolute Gasteiger partial charge is 0.311 e. The SMILES string of the molecule is CCCCCC(CCC(C(=O)NC(=S)NC1CC1)c1ccc(OC)cc1)N=S(=O)=O. The van der Waals surface area contributed by atoms with Crippen LogP contribution in [0.25, 0.3) is 0 Å². The highest BCUT2D eigenvalue weighted by molar-refractivity contribution is 7.80. The molecule has 1 saturated carbocycles. The van der Waals surface area contributed by atoms with E-state index >= 15 is 0 Å². The van der Waals surface area contributed by atoms with E-state index in [1.807, 2.05) is 24.3 Å². The molecule has 0 heterocycles. The molecule has 0 aromatic heterocycles. The Hall–Kier alpha value is -2.00. The molecule has 0 bridgehead atoms. The van der Waals surface area contributed by atoms with Crippen LogP contribution in [0.1, 0.15) is 69.8 Å². The summed E-state index contributed by atoms with van der Waals surface area (Å²) < 4.78 is 31.3. The molecule has 0 spiro atoms. The number of carbonyl (C=O) groups excluding carboxylic acids is 1. The van der Waals surface area contributed by atoms with Gasteiger partial charge in [0.25, 0.3) is 0 Å². The zero-order valence-corrected chi connectivity index (χ0v) is 19.2. The number of carbonyl (C=O) groups is 1. The van der Waals surface area contributed by atoms with Gasteiger partial charge in [-0.25, -0.2) is 0 Å². The fourth-order valence-corrected chi connectivity index (χ4v) is 4.02. The third-order valence-corrected chi connectivity index (χ3v) is 5.84. The van der Waals surface area contributed by atoms with Gasteiger partial charge < -0.3 is 15.4 Å². The maximum Gasteiger partial charge on any atom is 0.311 e. The number of methoxy groups -OCH3 is 1. The maximum absolute atomic E-state index is 13.0. The van der Waals surface area contributed by atoms with Crippen molar-refractivity contribution in [2.24, 2.45) is 4.36 Å². The van der Waals surface area contributed by atoms with Crippen LogP contribution in [0.5, 0.6) is 5.75 Å². The largest absolute Gasteiger partial charge is 0.497 e. The molecule has 166 valence electrons. The first-order valence-electron chi connectivity index (χ1n) is 10.5. The van der Waals surface area contributed by atoms with Crippen LogP contribution in [0.15, 0.2) is 28.6 Å². The number of benzene rings is 1. The van der Waals surface area contributed by atoms with Crippen molar-refractivity contribution in [2.75, 3.05) is 7.11 Å². The number of thiocarbonyl (C=S) groups is 1. The van der Waals surface area contributed by atoms with Gasteiger partial charge in [0.2, 0.25) is 5.91 Å². The standard InChI is InChI=1S/C21H31N3O4S2/c1-3-4-5-6-17(24-30(26)27)11-14-19(15-7-12-18(28-2)13-8-15)20(25)23-21(29)22-16-9-10-16/h7-8,12-13,16-17,19H,3-6,9-11,14H2,1-2H3,(H2,22,23,25,29). The van der Waals surface area contributed by atoms with E-state index in [0.29, 0.717) is 36.2 Å². The van der Waals surface area contributed by atoms with Gasteiger partial charge in [-0.3, -0.25) is 4.79 Å². The quantitative estimate of drug-likeness (QED) is 0.370. The second-order valence-corrected chi connectivity index (χ2v) is 8.67. The molecule has 1 amide bonds. The van der Waals surface area contributed by atoms with Crippen LogP contribution < -0.4 is 15.4 Å². The number of rotatable bonds is 12. The molecular weight excluding hydrogens is 422 g/mol. The van der Waals surface area contributed by atoms with Gasteiger partial charge in [0.1, 0.15) is 5.75 Å². The minimum absolute atomic E-state index is 0.200. The lowest BCUT2D eigenvalue weighted by atomic mass is 9.90. The van der Waals surface area contributed by atoms with Gasteiger partial charge in [0.15, 0.2) is 5.11 Å². The summed E-state index contributed by atoms with van der Waals surface area (Å²) in [6, 6.07) is 7.37. The van der Waals surface area contributed by atoms with Gasteiger partial charge in [0, 0.05) is 6.04 Å². The lowest BCUT2D eigenvalue weighted by Crippen LogP contribution is -2.42. The first-order valence-corrected chi connectivity index (χ1v) is 11.9. The lowest BCUT2D eigenvalue weighted by Gasteiger charge is -2.20. The Labute approximate surface area is 185 Å². The number of hydrogen-bond donors (Lipinski definition) is 2. The molecule has 0 aliphatic heterocycles. The molecular formula is C21H31N3O4S2. The van der Waals surface area contributed by atoms with Crippen molar-refractivity contribution < 1.29 is 17.9 Å². The van der Waals surface area contributed by atoms with Gasteiger partial charge in [0.05, 0.1) is 19.1 Å². The van der Waals surface area contributed by atoms with Crippen LogP contribution >= 0.6 is 12.2 Å². The van der Waals surface area contributed by atoms with Gasteiger partial charge >= 0.3 is 10.5 Å². The Morgan fingerprint density at radius 1 is 1.20 bits per heavy atom. The van der Waals surface area contributed by atoms with E-state index in [1.165, 1.54) is 0 Å². The third-order valence-electron chi connectivity index (χ3n) is 5.15. The Kier molecular flexibility index (Phi) is 10.2. The Morgan fingerprint density at radius 3 is 2.47 bits per heavy atom. The minimum atomic E-state index is -2.46. The van der Waals surface area contributed by atoms with Crippen molar-refractivity contribution in [3.8, 4) is 5.75 Å². The fourth-order valence-electron chi connectivity index (χ4n) is 3.29. The van der Waals surface area contributed by atoms with E-state index in [9.17, 15) is 13.2 Å². The molecule has 0 saturated heterocycles. The Balaban J connectivity index is 2.10. The molecule has 9 heteroatoms. The molecule has 30 heavy (non-hydrogen) atoms. The van der Waals surface area contributed by atoms with Crippen LogP contribution in [0, 0.1) is 0 Å². The van der Waals surface area contributed by atoms with Crippen molar-refractivity contribution in [2.45, 2.75) is 76.3 Å². The number of amides is 1. The second kappa shape index (κ2) is 12.6. The van der Waals surface area contributed by atoms with Gasteiger partial charge in [-0.05, 0) is 62.0 Å². The molecule has 1 fully saturated rings. The molecule has 1 aliphatic carbocycles. The Morgan fingerprint density at radius 2 is 1.90 bits per heavy atom. The normalized spacial score (nSPS) is 15.0. The van der Waals surface area contributed by atoms with E-state index in [4.69, 9.17) is 17.0 Å². The summed E-state index contributed by atoms with van der Waals surface area (Å²) in [6.45, 7) is 2.10. The summed E-state index contributed by atoms with van der Waals surface area (Å²) in [4.78, 5) is 13.0. The second-order valence-electron chi connectivity index (χ2n) is 7.61. The zero-order chi connectivity index (χ0) is 21.9. The summed E-state index contributed by atoms with van der Waals surface area (Å²) >= 11 is 5.26. The van der Waals surface area contributed by atoms with E-state index < -0.39 is 16.4 Å². The molecule has 7 nitrogen and oxygen atoms in total. The number of nitrogens with zero attached hydrogens (tertiary/aromatic N) is 1. The number of ether oxygens (including phenoxy) is 1. The molecule has 2 unspecified atom stereocenters. The Bertz CT molecular complexity index is 828. The maximum atomic E-state index is 13.0. The lowest BCUT2D eigenvalue weighted by molar-refractivity contribution is -0.121. The molecule has 1 aromatic rings. The number of nitrogens with one attached hydrogen (secondary N) is 2. The number of hydrogen-bond acceptors (Lipinski definition) is 6. The van der Waals surface area contributed by atoms with Crippen LogP contribution in [-0.2, 0) is 15.3 Å². The van der Waals surface area contributed by atoms with Crippen LogP contribution in [0.4, 0.5) is 0 Å². The van der Waals surface area contributed by atoms with Gasteiger partial charge in [-0.15, -0.1) is 0 Å². The molecule has 1 aromatic carbocycles. The molecule has 2 N–H and O–H groups in total. The van der Waals surface area contributed by atoms with E-state index in [0.717, 1.165) is 37.7 Å². The highest BCUT2D eigenvalue weighted by Gasteiger charge is 2.26. The highest BCUT2D eigenvalue weighted by Crippen LogP contribution is 2.27. The summed E-state index contributed by atoms with van der Waals surface area (Å²) in [5.74, 6) is 0.0470. The van der Waals surface area contributed by atoms with Crippen LogP contribution in [-0.4, -0.2) is 38.6 Å². The highest BCUT2D eigenvalue weighted by atomic mass is 32.2. The van der Waals surface area contributed by atoms with Gasteiger partial charge in [-0.1, -0.05) is 38.3 Å². The van der Waals surface area contributed by atoms with Crippen molar-refractivity contribution in [3.63, 3.8) is 0 Å². The van der Waals surface area contributed by atoms with E-state index in [1.54, 1.807) is 7.11 Å². The first-order chi connectivity index (χ1) is 14.4. The van der Waals surface area contributed by atoms with E-state index in [2.05, 4.69) is 21.9 Å². The average molecular weight is 454 g/mol. The molecule has 2 rings (SSSR count). The van der Waals surface area contributed by atoms with E-state index in [-0.39, 0.29) is 11.9 Å². The minimum Gasteiger partial charge on any atom is -0.497 e.